The molecule has 2 saturated carbocycles. The third kappa shape index (κ3) is 5.24. The molecule has 2 aliphatic rings. The zero-order valence-electron chi connectivity index (χ0n) is 23.9. The van der Waals surface area contributed by atoms with Crippen molar-refractivity contribution in [3.63, 3.8) is 0 Å². The number of hydrogen-bond acceptors (Lipinski definition) is 2. The van der Waals surface area contributed by atoms with Crippen molar-refractivity contribution in [3.8, 4) is 11.5 Å². The highest BCUT2D eigenvalue weighted by atomic mass is 16.3. The van der Waals surface area contributed by atoms with E-state index in [9.17, 15) is 10.2 Å². The highest BCUT2D eigenvalue weighted by Crippen LogP contribution is 2.43. The summed E-state index contributed by atoms with van der Waals surface area (Å²) in [6.07, 6.45) is 12.4. The maximum absolute atomic E-state index is 10.7. The first-order valence-corrected chi connectivity index (χ1v) is 15.0. The third-order valence-electron chi connectivity index (χ3n) is 9.89. The highest BCUT2D eigenvalue weighted by Gasteiger charge is 2.30. The molecular formula is C36H46O2. The van der Waals surface area contributed by atoms with Gasteiger partial charge in [0.2, 0.25) is 0 Å². The number of rotatable bonds is 6. The summed E-state index contributed by atoms with van der Waals surface area (Å²) in [5, 5.41) is 21.4. The smallest absolute Gasteiger partial charge is 0.119 e. The van der Waals surface area contributed by atoms with Gasteiger partial charge in [-0.25, -0.2) is 0 Å². The summed E-state index contributed by atoms with van der Waals surface area (Å²) in [6, 6.07) is 21.7. The molecule has 2 heteroatoms. The van der Waals surface area contributed by atoms with E-state index in [0.29, 0.717) is 23.3 Å². The fourth-order valence-corrected chi connectivity index (χ4v) is 7.00. The van der Waals surface area contributed by atoms with Crippen molar-refractivity contribution < 1.29 is 10.2 Å². The van der Waals surface area contributed by atoms with Gasteiger partial charge in [-0.3, -0.25) is 0 Å². The average molecular weight is 511 g/mol. The summed E-state index contributed by atoms with van der Waals surface area (Å²) in [6.45, 7) is 9.21. The first-order valence-electron chi connectivity index (χ1n) is 15.0. The molecule has 2 fully saturated rings. The Morgan fingerprint density at radius 2 is 0.868 bits per heavy atom. The van der Waals surface area contributed by atoms with E-state index in [2.05, 4.69) is 76.2 Å². The molecule has 5 rings (SSSR count). The molecule has 202 valence electrons. The summed E-state index contributed by atoms with van der Waals surface area (Å²) < 4.78 is 0. The van der Waals surface area contributed by atoms with Crippen molar-refractivity contribution in [2.75, 3.05) is 0 Å². The molecule has 3 aromatic carbocycles. The molecule has 2 nitrogen and oxygen atoms in total. The lowest BCUT2D eigenvalue weighted by Gasteiger charge is -2.32. The van der Waals surface area contributed by atoms with Gasteiger partial charge in [0.05, 0.1) is 0 Å². The largest absolute Gasteiger partial charge is 0.508 e. The van der Waals surface area contributed by atoms with Crippen LogP contribution in [-0.2, 0) is 10.8 Å². The zero-order chi connectivity index (χ0) is 26.9. The number of aromatic hydroxyl groups is 2. The Morgan fingerprint density at radius 1 is 0.500 bits per heavy atom. The van der Waals surface area contributed by atoms with E-state index < -0.39 is 0 Å². The van der Waals surface area contributed by atoms with Crippen LogP contribution < -0.4 is 0 Å². The highest BCUT2D eigenvalue weighted by molar-refractivity contribution is 5.49. The van der Waals surface area contributed by atoms with Crippen molar-refractivity contribution in [1.82, 2.24) is 0 Å². The maximum Gasteiger partial charge on any atom is 0.119 e. The van der Waals surface area contributed by atoms with E-state index in [1.807, 2.05) is 12.1 Å². The van der Waals surface area contributed by atoms with Crippen molar-refractivity contribution >= 4 is 0 Å². The van der Waals surface area contributed by atoms with Crippen LogP contribution in [-0.4, -0.2) is 10.2 Å². The molecule has 0 atom stereocenters. The van der Waals surface area contributed by atoms with E-state index in [-0.39, 0.29) is 10.8 Å². The Balaban J connectivity index is 1.47. The van der Waals surface area contributed by atoms with Crippen LogP contribution in [0.25, 0.3) is 0 Å². The number of phenols is 2. The standard InChI is InChI=1S/C36H46O2/c1-35(2,29-18-20-33(37)31(23-29)25-12-7-5-8-13-25)27-16-11-17-28(22-27)36(3,4)30-19-21-34(38)32(24-30)26-14-9-6-10-15-26/h11,16-26,37-38H,5-10,12-15H2,1-4H3. The average Bonchev–Trinajstić information content (AvgIpc) is 2.94. The quantitative estimate of drug-likeness (QED) is 0.346. The van der Waals surface area contributed by atoms with Gasteiger partial charge in [-0.15, -0.1) is 0 Å². The van der Waals surface area contributed by atoms with Crippen LogP contribution in [0, 0.1) is 0 Å². The molecule has 0 radical (unpaired) electrons. The summed E-state index contributed by atoms with van der Waals surface area (Å²) >= 11 is 0. The molecule has 0 spiro atoms. The molecule has 38 heavy (non-hydrogen) atoms. The van der Waals surface area contributed by atoms with Gasteiger partial charge in [-0.1, -0.05) is 115 Å². The van der Waals surface area contributed by atoms with E-state index in [1.165, 1.54) is 86.5 Å². The summed E-state index contributed by atoms with van der Waals surface area (Å²) in [5.41, 5.74) is 6.98. The second-order valence-corrected chi connectivity index (χ2v) is 13.0. The van der Waals surface area contributed by atoms with Crippen molar-refractivity contribution in [3.05, 3.63) is 94.0 Å². The maximum atomic E-state index is 10.7. The molecule has 0 aliphatic heterocycles. The van der Waals surface area contributed by atoms with Crippen molar-refractivity contribution in [2.24, 2.45) is 0 Å². The van der Waals surface area contributed by atoms with Crippen LogP contribution in [0.15, 0.2) is 60.7 Å². The number of benzene rings is 3. The summed E-state index contributed by atoms with van der Waals surface area (Å²) in [5.74, 6) is 1.84. The first kappa shape index (κ1) is 26.9. The lowest BCUT2D eigenvalue weighted by Crippen LogP contribution is -2.23. The Kier molecular flexibility index (Phi) is 7.63. The van der Waals surface area contributed by atoms with Crippen LogP contribution in [0.3, 0.4) is 0 Å². The SMILES string of the molecule is CC(C)(c1cccc(C(C)(C)c2ccc(O)c(C3CCCCC3)c2)c1)c1ccc(O)c(C2CCCCC2)c1. The van der Waals surface area contributed by atoms with Gasteiger partial charge in [0, 0.05) is 10.8 Å². The van der Waals surface area contributed by atoms with Gasteiger partial charge >= 0.3 is 0 Å². The summed E-state index contributed by atoms with van der Waals surface area (Å²) in [4.78, 5) is 0. The molecule has 0 saturated heterocycles. The lowest BCUT2D eigenvalue weighted by molar-refractivity contribution is 0.413. The van der Waals surface area contributed by atoms with Crippen LogP contribution in [0.2, 0.25) is 0 Å². The molecule has 3 aromatic rings. The Morgan fingerprint density at radius 3 is 1.26 bits per heavy atom. The van der Waals surface area contributed by atoms with E-state index >= 15 is 0 Å². The van der Waals surface area contributed by atoms with Crippen LogP contribution in [0.5, 0.6) is 11.5 Å². The minimum Gasteiger partial charge on any atom is -0.508 e. The molecule has 0 aromatic heterocycles. The van der Waals surface area contributed by atoms with E-state index in [4.69, 9.17) is 0 Å². The van der Waals surface area contributed by atoms with Gasteiger partial charge in [0.1, 0.15) is 11.5 Å². The molecule has 2 aliphatic carbocycles. The minimum atomic E-state index is -0.189. The van der Waals surface area contributed by atoms with E-state index in [0.717, 1.165) is 11.1 Å². The van der Waals surface area contributed by atoms with Crippen LogP contribution in [0.4, 0.5) is 0 Å². The molecule has 0 unspecified atom stereocenters. The number of hydrogen-bond donors (Lipinski definition) is 2. The van der Waals surface area contributed by atoms with Gasteiger partial charge < -0.3 is 10.2 Å². The lowest BCUT2D eigenvalue weighted by atomic mass is 9.72. The third-order valence-corrected chi connectivity index (χ3v) is 9.89. The number of phenolic OH excluding ortho intramolecular Hbond substituents is 2. The molecule has 2 N–H and O–H groups in total. The molecule has 0 bridgehead atoms. The molecule has 0 heterocycles. The van der Waals surface area contributed by atoms with E-state index in [1.54, 1.807) is 0 Å². The first-order chi connectivity index (χ1) is 18.2. The Hall–Kier alpha value is -2.74. The van der Waals surface area contributed by atoms with Crippen LogP contribution >= 0.6 is 0 Å². The second kappa shape index (κ2) is 10.8. The van der Waals surface area contributed by atoms with Crippen LogP contribution in [0.1, 0.15) is 137 Å². The fraction of sp³-hybridized carbons (Fsp3) is 0.500. The predicted molar refractivity (Wildman–Crippen MR) is 159 cm³/mol. The van der Waals surface area contributed by atoms with Gasteiger partial charge in [-0.05, 0) is 83.0 Å². The molecular weight excluding hydrogens is 464 g/mol. The monoisotopic (exact) mass is 510 g/mol. The second-order valence-electron chi connectivity index (χ2n) is 13.0. The van der Waals surface area contributed by atoms with Crippen molar-refractivity contribution in [2.45, 2.75) is 115 Å². The predicted octanol–water partition coefficient (Wildman–Crippen LogP) is 9.84. The fourth-order valence-electron chi connectivity index (χ4n) is 7.00. The van der Waals surface area contributed by atoms with Crippen molar-refractivity contribution in [1.29, 1.82) is 0 Å². The Labute approximate surface area is 230 Å². The minimum absolute atomic E-state index is 0.189. The van der Waals surface area contributed by atoms with Gasteiger partial charge in [0.25, 0.3) is 0 Å². The summed E-state index contributed by atoms with van der Waals surface area (Å²) in [7, 11) is 0. The normalized spacial score (nSPS) is 18.0. The van der Waals surface area contributed by atoms with Gasteiger partial charge in [-0.2, -0.15) is 0 Å². The molecule has 0 amide bonds. The van der Waals surface area contributed by atoms with Gasteiger partial charge in [0.15, 0.2) is 0 Å². The Bertz CT molecular complexity index is 1160. The topological polar surface area (TPSA) is 40.5 Å². The zero-order valence-corrected chi connectivity index (χ0v) is 23.9.